The first-order valence-electron chi connectivity index (χ1n) is 12.6. The molecule has 0 aromatic heterocycles. The number of hydrogen-bond acceptors (Lipinski definition) is 3. The molecule has 2 aliphatic rings. The molecule has 33 heavy (non-hydrogen) atoms. The quantitative estimate of drug-likeness (QED) is 0.575. The molecule has 0 aliphatic carbocycles. The zero-order chi connectivity index (χ0) is 23.4. The van der Waals surface area contributed by atoms with Gasteiger partial charge in [-0.2, -0.15) is 0 Å². The van der Waals surface area contributed by atoms with E-state index in [2.05, 4.69) is 62.1 Å². The molecule has 2 aliphatic heterocycles. The topological polar surface area (TPSA) is 40.6 Å². The molecule has 4 heteroatoms. The Balaban J connectivity index is 1.27. The zero-order valence-electron chi connectivity index (χ0n) is 20.5. The number of rotatable bonds is 6. The first kappa shape index (κ1) is 23.7. The van der Waals surface area contributed by atoms with Crippen molar-refractivity contribution in [3.05, 3.63) is 70.3 Å². The van der Waals surface area contributed by atoms with Gasteiger partial charge < -0.3 is 9.80 Å². The minimum Gasteiger partial charge on any atom is -0.343 e. The number of carbonyl (C=O) groups excluding carboxylic acids is 2. The molecule has 1 saturated heterocycles. The second-order valence-electron chi connectivity index (χ2n) is 10.1. The summed E-state index contributed by atoms with van der Waals surface area (Å²) in [6.07, 6.45) is 4.64. The lowest BCUT2D eigenvalue weighted by Gasteiger charge is -2.32. The predicted octanol–water partition coefficient (Wildman–Crippen LogP) is 5.17. The summed E-state index contributed by atoms with van der Waals surface area (Å²) in [5, 5.41) is 0. The highest BCUT2D eigenvalue weighted by Gasteiger charge is 2.24. The molecule has 2 aromatic carbocycles. The fraction of sp³-hybridized carbons (Fsp3) is 0.517. The van der Waals surface area contributed by atoms with Crippen LogP contribution in [0.1, 0.15) is 78.1 Å². The molecule has 176 valence electrons. The SMILES string of the molecule is Cc1ccc(C2CCN(C(=O)CCC(=O)c3ccc4c(c3)CCN(C(C)C)CC4)CC2)cc1. The summed E-state index contributed by atoms with van der Waals surface area (Å²) in [5.74, 6) is 0.737. The Labute approximate surface area is 199 Å². The summed E-state index contributed by atoms with van der Waals surface area (Å²) in [6, 6.07) is 15.5. The molecule has 1 fully saturated rings. The predicted molar refractivity (Wildman–Crippen MR) is 134 cm³/mol. The number of piperidine rings is 1. The summed E-state index contributed by atoms with van der Waals surface area (Å²) in [6.45, 7) is 10.3. The van der Waals surface area contributed by atoms with Gasteiger partial charge in [-0.1, -0.05) is 42.0 Å². The minimum absolute atomic E-state index is 0.0886. The Hall–Kier alpha value is -2.46. The molecule has 4 rings (SSSR count). The van der Waals surface area contributed by atoms with Crippen LogP contribution in [0.3, 0.4) is 0 Å². The van der Waals surface area contributed by atoms with E-state index in [9.17, 15) is 9.59 Å². The fourth-order valence-corrected chi connectivity index (χ4v) is 5.26. The van der Waals surface area contributed by atoms with Crippen LogP contribution in [-0.4, -0.2) is 53.7 Å². The van der Waals surface area contributed by atoms with E-state index in [0.29, 0.717) is 24.8 Å². The van der Waals surface area contributed by atoms with Crippen molar-refractivity contribution in [2.75, 3.05) is 26.2 Å². The van der Waals surface area contributed by atoms with E-state index in [0.717, 1.165) is 57.4 Å². The Kier molecular flexibility index (Phi) is 7.64. The number of Topliss-reactive ketones (excluding diaryl/α,β-unsaturated/α-hetero) is 1. The lowest BCUT2D eigenvalue weighted by Crippen LogP contribution is -2.38. The van der Waals surface area contributed by atoms with Gasteiger partial charge in [0.15, 0.2) is 5.78 Å². The second kappa shape index (κ2) is 10.6. The highest BCUT2D eigenvalue weighted by atomic mass is 16.2. The van der Waals surface area contributed by atoms with Crippen molar-refractivity contribution in [3.8, 4) is 0 Å². The van der Waals surface area contributed by atoms with E-state index in [1.807, 2.05) is 11.0 Å². The number of amides is 1. The monoisotopic (exact) mass is 446 g/mol. The number of ketones is 1. The zero-order valence-corrected chi connectivity index (χ0v) is 20.5. The molecule has 2 aromatic rings. The standard InChI is InChI=1S/C29H38N2O2/c1-21(2)30-16-12-24-8-9-27(20-26(24)15-17-30)28(32)10-11-29(33)31-18-13-25(14-19-31)23-6-4-22(3)5-7-23/h4-9,20-21,25H,10-19H2,1-3H3. The average molecular weight is 447 g/mol. The van der Waals surface area contributed by atoms with Crippen LogP contribution in [0.25, 0.3) is 0 Å². The van der Waals surface area contributed by atoms with Crippen molar-refractivity contribution in [2.24, 2.45) is 0 Å². The molecule has 4 nitrogen and oxygen atoms in total. The molecule has 0 atom stereocenters. The number of nitrogens with zero attached hydrogens (tertiary/aromatic N) is 2. The van der Waals surface area contributed by atoms with Crippen LogP contribution in [0.5, 0.6) is 0 Å². The van der Waals surface area contributed by atoms with Gasteiger partial charge in [0.25, 0.3) is 0 Å². The third kappa shape index (κ3) is 5.92. The van der Waals surface area contributed by atoms with Gasteiger partial charge in [0.1, 0.15) is 0 Å². The van der Waals surface area contributed by atoms with E-state index < -0.39 is 0 Å². The second-order valence-corrected chi connectivity index (χ2v) is 10.1. The lowest BCUT2D eigenvalue weighted by atomic mass is 9.89. The number of hydrogen-bond donors (Lipinski definition) is 0. The average Bonchev–Trinajstić information content (AvgIpc) is 3.05. The Bertz CT molecular complexity index is 972. The van der Waals surface area contributed by atoms with Crippen LogP contribution in [-0.2, 0) is 17.6 Å². The van der Waals surface area contributed by atoms with Crippen LogP contribution in [0.15, 0.2) is 42.5 Å². The van der Waals surface area contributed by atoms with E-state index in [4.69, 9.17) is 0 Å². The highest BCUT2D eigenvalue weighted by molar-refractivity contribution is 5.98. The smallest absolute Gasteiger partial charge is 0.223 e. The van der Waals surface area contributed by atoms with Gasteiger partial charge in [-0.05, 0) is 75.1 Å². The van der Waals surface area contributed by atoms with E-state index in [-0.39, 0.29) is 11.7 Å². The largest absolute Gasteiger partial charge is 0.343 e. The van der Waals surface area contributed by atoms with Crippen molar-refractivity contribution in [3.63, 3.8) is 0 Å². The first-order chi connectivity index (χ1) is 15.9. The molecule has 2 heterocycles. The first-order valence-corrected chi connectivity index (χ1v) is 12.6. The maximum absolute atomic E-state index is 12.9. The third-order valence-electron chi connectivity index (χ3n) is 7.56. The van der Waals surface area contributed by atoms with E-state index in [1.165, 1.54) is 22.3 Å². The molecular formula is C29H38N2O2. The fourth-order valence-electron chi connectivity index (χ4n) is 5.26. The van der Waals surface area contributed by atoms with Crippen LogP contribution in [0.2, 0.25) is 0 Å². The van der Waals surface area contributed by atoms with Crippen molar-refractivity contribution in [2.45, 2.75) is 71.3 Å². The molecule has 0 saturated carbocycles. The lowest BCUT2D eigenvalue weighted by molar-refractivity contribution is -0.132. The summed E-state index contributed by atoms with van der Waals surface area (Å²) in [5.41, 5.74) is 6.08. The van der Waals surface area contributed by atoms with Gasteiger partial charge in [0, 0.05) is 50.6 Å². The number of carbonyl (C=O) groups is 2. The molecular weight excluding hydrogens is 408 g/mol. The molecule has 0 radical (unpaired) electrons. The van der Waals surface area contributed by atoms with Gasteiger partial charge in [-0.25, -0.2) is 0 Å². The summed E-state index contributed by atoms with van der Waals surface area (Å²) >= 11 is 0. The number of fused-ring (bicyclic) bond motifs is 1. The van der Waals surface area contributed by atoms with Crippen molar-refractivity contribution in [1.29, 1.82) is 0 Å². The van der Waals surface area contributed by atoms with Gasteiger partial charge >= 0.3 is 0 Å². The molecule has 0 unspecified atom stereocenters. The van der Waals surface area contributed by atoms with Gasteiger partial charge in [-0.15, -0.1) is 0 Å². The molecule has 1 amide bonds. The van der Waals surface area contributed by atoms with Crippen LogP contribution in [0, 0.1) is 6.92 Å². The Morgan fingerprint density at radius 1 is 0.879 bits per heavy atom. The van der Waals surface area contributed by atoms with Crippen LogP contribution < -0.4 is 0 Å². The summed E-state index contributed by atoms with van der Waals surface area (Å²) < 4.78 is 0. The Morgan fingerprint density at radius 3 is 2.21 bits per heavy atom. The van der Waals surface area contributed by atoms with Crippen molar-refractivity contribution < 1.29 is 9.59 Å². The number of likely N-dealkylation sites (tertiary alicyclic amines) is 1. The highest BCUT2D eigenvalue weighted by Crippen LogP contribution is 2.28. The van der Waals surface area contributed by atoms with Gasteiger partial charge in [0.05, 0.1) is 0 Å². The molecule has 0 spiro atoms. The van der Waals surface area contributed by atoms with Gasteiger partial charge in [0.2, 0.25) is 5.91 Å². The van der Waals surface area contributed by atoms with E-state index >= 15 is 0 Å². The minimum atomic E-state index is 0.0886. The van der Waals surface area contributed by atoms with Crippen LogP contribution in [0.4, 0.5) is 0 Å². The third-order valence-corrected chi connectivity index (χ3v) is 7.56. The Morgan fingerprint density at radius 2 is 1.55 bits per heavy atom. The molecule has 0 N–H and O–H groups in total. The van der Waals surface area contributed by atoms with Crippen molar-refractivity contribution >= 4 is 11.7 Å². The summed E-state index contributed by atoms with van der Waals surface area (Å²) in [4.78, 5) is 30.1. The maximum atomic E-state index is 12.9. The van der Waals surface area contributed by atoms with Gasteiger partial charge in [-0.3, -0.25) is 9.59 Å². The number of benzene rings is 2. The summed E-state index contributed by atoms with van der Waals surface area (Å²) in [7, 11) is 0. The maximum Gasteiger partial charge on any atom is 0.223 e. The molecule has 0 bridgehead atoms. The van der Waals surface area contributed by atoms with Crippen LogP contribution >= 0.6 is 0 Å². The van der Waals surface area contributed by atoms with E-state index in [1.54, 1.807) is 0 Å². The van der Waals surface area contributed by atoms with Crippen molar-refractivity contribution in [1.82, 2.24) is 9.80 Å². The number of aryl methyl sites for hydroxylation is 1. The normalized spacial score (nSPS) is 17.6.